The van der Waals surface area contributed by atoms with E-state index in [0.717, 1.165) is 0 Å². The molecule has 1 amide bonds. The molecule has 0 saturated carbocycles. The van der Waals surface area contributed by atoms with Crippen LogP contribution in [0.25, 0.3) is 0 Å². The number of nitrogens with one attached hydrogen (secondary N) is 1. The summed E-state index contributed by atoms with van der Waals surface area (Å²) in [6, 6.07) is 0. The summed E-state index contributed by atoms with van der Waals surface area (Å²) in [4.78, 5) is 22.2. The first-order chi connectivity index (χ1) is 8.30. The smallest absolute Gasteiger partial charge is 0.471 e. The van der Waals surface area contributed by atoms with Crippen molar-refractivity contribution in [3.63, 3.8) is 0 Å². The van der Waals surface area contributed by atoms with Crippen molar-refractivity contribution in [2.24, 2.45) is 5.92 Å². The Morgan fingerprint density at radius 2 is 2.17 bits per heavy atom. The van der Waals surface area contributed by atoms with Crippen LogP contribution < -0.4 is 5.32 Å². The van der Waals surface area contributed by atoms with Crippen LogP contribution in [0.15, 0.2) is 23.1 Å². The van der Waals surface area contributed by atoms with Gasteiger partial charge in [-0.25, -0.2) is 0 Å². The fraction of sp³-hybridized carbons (Fsp3) is 0.455. The Kier molecular flexibility index (Phi) is 2.92. The Morgan fingerprint density at radius 3 is 2.78 bits per heavy atom. The molecule has 7 heteroatoms. The van der Waals surface area contributed by atoms with Gasteiger partial charge in [0, 0.05) is 11.3 Å². The van der Waals surface area contributed by atoms with Gasteiger partial charge in [0.15, 0.2) is 5.78 Å². The SMILES string of the molecule is CC1=C2OCC(=O)C2CC=C1NC(=O)C(F)(F)F. The number of alkyl halides is 3. The van der Waals surface area contributed by atoms with E-state index >= 15 is 0 Å². The summed E-state index contributed by atoms with van der Waals surface area (Å²) in [5, 5.41) is 1.78. The van der Waals surface area contributed by atoms with Gasteiger partial charge >= 0.3 is 12.1 Å². The van der Waals surface area contributed by atoms with Crippen molar-refractivity contribution in [1.82, 2.24) is 5.32 Å². The number of rotatable bonds is 1. The lowest BCUT2D eigenvalue weighted by Crippen LogP contribution is -2.37. The summed E-state index contributed by atoms with van der Waals surface area (Å²) in [5.41, 5.74) is 0.424. The van der Waals surface area contributed by atoms with E-state index in [2.05, 4.69) is 0 Å². The third-order valence-corrected chi connectivity index (χ3v) is 2.91. The normalized spacial score (nSPS) is 23.4. The Bertz CT molecular complexity index is 476. The molecule has 18 heavy (non-hydrogen) atoms. The summed E-state index contributed by atoms with van der Waals surface area (Å²) in [7, 11) is 0. The van der Waals surface area contributed by atoms with E-state index in [1.807, 2.05) is 0 Å². The van der Waals surface area contributed by atoms with Gasteiger partial charge in [0.05, 0.1) is 5.92 Å². The maximum Gasteiger partial charge on any atom is 0.471 e. The number of Topliss-reactive ketones (excluding diaryl/α,β-unsaturated/α-hetero) is 1. The van der Waals surface area contributed by atoms with Crippen LogP contribution in [-0.2, 0) is 14.3 Å². The average Bonchev–Trinajstić information content (AvgIpc) is 2.64. The molecule has 0 aromatic carbocycles. The number of carbonyl (C=O) groups is 2. The maximum atomic E-state index is 12.1. The number of ether oxygens (including phenoxy) is 1. The summed E-state index contributed by atoms with van der Waals surface area (Å²) >= 11 is 0. The first-order valence-electron chi connectivity index (χ1n) is 5.25. The minimum atomic E-state index is -4.94. The highest BCUT2D eigenvalue weighted by molar-refractivity contribution is 5.88. The highest BCUT2D eigenvalue weighted by Crippen LogP contribution is 2.34. The van der Waals surface area contributed by atoms with E-state index in [1.165, 1.54) is 13.0 Å². The molecule has 0 aromatic rings. The van der Waals surface area contributed by atoms with Crippen molar-refractivity contribution in [2.75, 3.05) is 6.61 Å². The standard InChI is InChI=1S/C11H10F3NO3/c1-5-7(15-10(17)11(12,13)14)3-2-6-8(16)4-18-9(5)6/h3,6H,2,4H2,1H3,(H,15,17). The lowest BCUT2D eigenvalue weighted by molar-refractivity contribution is -0.172. The largest absolute Gasteiger partial charge is 0.489 e. The quantitative estimate of drug-likeness (QED) is 0.777. The van der Waals surface area contributed by atoms with E-state index < -0.39 is 18.0 Å². The van der Waals surface area contributed by atoms with Crippen LogP contribution in [0.2, 0.25) is 0 Å². The van der Waals surface area contributed by atoms with E-state index in [-0.39, 0.29) is 24.5 Å². The molecule has 0 spiro atoms. The zero-order valence-corrected chi connectivity index (χ0v) is 9.43. The molecule has 0 aromatic heterocycles. The first kappa shape index (κ1) is 12.7. The van der Waals surface area contributed by atoms with Gasteiger partial charge in [0.1, 0.15) is 12.4 Å². The van der Waals surface area contributed by atoms with Crippen molar-refractivity contribution in [1.29, 1.82) is 0 Å². The summed E-state index contributed by atoms with van der Waals surface area (Å²) in [5.74, 6) is -2.19. The zero-order valence-electron chi connectivity index (χ0n) is 9.43. The van der Waals surface area contributed by atoms with Crippen molar-refractivity contribution >= 4 is 11.7 Å². The molecule has 2 rings (SSSR count). The van der Waals surface area contributed by atoms with Gasteiger partial charge in [0.25, 0.3) is 0 Å². The number of ketones is 1. The van der Waals surface area contributed by atoms with Gasteiger partial charge in [-0.3, -0.25) is 9.59 Å². The predicted octanol–water partition coefficient (Wildman–Crippen LogP) is 1.44. The number of hydrogen-bond donors (Lipinski definition) is 1. The van der Waals surface area contributed by atoms with E-state index in [9.17, 15) is 22.8 Å². The third-order valence-electron chi connectivity index (χ3n) is 2.91. The van der Waals surface area contributed by atoms with Gasteiger partial charge < -0.3 is 10.1 Å². The summed E-state index contributed by atoms with van der Waals surface area (Å²) in [6.07, 6.45) is -3.27. The Labute approximate surface area is 100 Å². The van der Waals surface area contributed by atoms with Crippen molar-refractivity contribution in [3.05, 3.63) is 23.1 Å². The minimum absolute atomic E-state index is 0.0540. The highest BCUT2D eigenvalue weighted by Gasteiger charge is 2.41. The molecule has 98 valence electrons. The first-order valence-corrected chi connectivity index (χ1v) is 5.25. The number of amides is 1. The van der Waals surface area contributed by atoms with Crippen LogP contribution in [-0.4, -0.2) is 24.5 Å². The lowest BCUT2D eigenvalue weighted by Gasteiger charge is -2.20. The molecule has 1 N–H and O–H groups in total. The summed E-state index contributed by atoms with van der Waals surface area (Å²) < 4.78 is 41.5. The second-order valence-electron chi connectivity index (χ2n) is 4.10. The molecular weight excluding hydrogens is 251 g/mol. The van der Waals surface area contributed by atoms with E-state index in [0.29, 0.717) is 11.3 Å². The molecule has 1 saturated heterocycles. The monoisotopic (exact) mass is 261 g/mol. The van der Waals surface area contributed by atoms with E-state index in [4.69, 9.17) is 4.74 Å². The number of hydrogen-bond acceptors (Lipinski definition) is 3. The predicted molar refractivity (Wildman–Crippen MR) is 54.0 cm³/mol. The number of allylic oxidation sites excluding steroid dienone is 3. The third kappa shape index (κ3) is 2.12. The summed E-state index contributed by atoms with van der Waals surface area (Å²) in [6.45, 7) is 1.45. The molecule has 0 bridgehead atoms. The molecule has 1 unspecified atom stereocenters. The van der Waals surface area contributed by atoms with Gasteiger partial charge in [0.2, 0.25) is 0 Å². The number of carbonyl (C=O) groups excluding carboxylic acids is 2. The Morgan fingerprint density at radius 1 is 1.50 bits per heavy atom. The van der Waals surface area contributed by atoms with Gasteiger partial charge in [-0.2, -0.15) is 13.2 Å². The molecule has 2 aliphatic rings. The van der Waals surface area contributed by atoms with Crippen LogP contribution in [0, 0.1) is 5.92 Å². The number of halogens is 3. The average molecular weight is 261 g/mol. The molecule has 1 atom stereocenters. The second kappa shape index (κ2) is 4.15. The minimum Gasteiger partial charge on any atom is -0.489 e. The second-order valence-corrected chi connectivity index (χ2v) is 4.10. The zero-order chi connectivity index (χ0) is 13.5. The highest BCUT2D eigenvalue weighted by atomic mass is 19.4. The van der Waals surface area contributed by atoms with Crippen molar-refractivity contribution < 1.29 is 27.5 Å². The van der Waals surface area contributed by atoms with Crippen LogP contribution in [0.3, 0.4) is 0 Å². The molecule has 4 nitrogen and oxygen atoms in total. The Hall–Kier alpha value is -1.79. The van der Waals surface area contributed by atoms with Crippen LogP contribution in [0.1, 0.15) is 13.3 Å². The van der Waals surface area contributed by atoms with Gasteiger partial charge in [-0.1, -0.05) is 6.08 Å². The molecular formula is C11H10F3NO3. The fourth-order valence-electron chi connectivity index (χ4n) is 1.96. The molecule has 1 heterocycles. The van der Waals surface area contributed by atoms with Crippen LogP contribution in [0.4, 0.5) is 13.2 Å². The fourth-order valence-corrected chi connectivity index (χ4v) is 1.96. The van der Waals surface area contributed by atoms with Crippen molar-refractivity contribution in [2.45, 2.75) is 19.5 Å². The molecule has 0 radical (unpaired) electrons. The van der Waals surface area contributed by atoms with Crippen LogP contribution in [0.5, 0.6) is 0 Å². The topological polar surface area (TPSA) is 55.4 Å². The van der Waals surface area contributed by atoms with E-state index in [1.54, 1.807) is 5.32 Å². The van der Waals surface area contributed by atoms with Gasteiger partial charge in [-0.05, 0) is 13.3 Å². The molecule has 1 aliphatic carbocycles. The Balaban J connectivity index is 2.18. The molecule has 1 aliphatic heterocycles. The number of fused-ring (bicyclic) bond motifs is 1. The maximum absolute atomic E-state index is 12.1. The molecule has 1 fully saturated rings. The lowest BCUT2D eigenvalue weighted by atomic mass is 9.91. The van der Waals surface area contributed by atoms with Crippen LogP contribution >= 0.6 is 0 Å². The van der Waals surface area contributed by atoms with Gasteiger partial charge in [-0.15, -0.1) is 0 Å². The van der Waals surface area contributed by atoms with Crippen molar-refractivity contribution in [3.8, 4) is 0 Å².